The Hall–Kier alpha value is -3.32. The first kappa shape index (κ1) is 18.7. The Morgan fingerprint density at radius 1 is 1.10 bits per heavy atom. The van der Waals surface area contributed by atoms with Gasteiger partial charge in [-0.3, -0.25) is 4.79 Å². The molecule has 0 spiro atoms. The number of aromatic amines is 1. The molecule has 1 aliphatic carbocycles. The number of benzene rings is 2. The van der Waals surface area contributed by atoms with Gasteiger partial charge in [-0.2, -0.15) is 0 Å². The van der Waals surface area contributed by atoms with Crippen LogP contribution in [0.15, 0.2) is 71.8 Å². The number of rotatable bonds is 6. The Morgan fingerprint density at radius 3 is 2.60 bits per heavy atom. The third-order valence-electron chi connectivity index (χ3n) is 4.94. The predicted octanol–water partition coefficient (Wildman–Crippen LogP) is 5.80. The minimum atomic E-state index is -0.273. The Bertz CT molecular complexity index is 1200. The number of anilines is 1. The van der Waals surface area contributed by atoms with Gasteiger partial charge in [0, 0.05) is 22.4 Å². The molecule has 0 aliphatic heterocycles. The standard InChI is InChI=1S/C23H18FN3O2S/c24-16-5-9-18(10-6-16)30-29-17-7-3-14(4-8-17)20-13-21(27-23(28)15-1-2-15)26-22-19(20)11-12-25-22/h3-13,15H,1-2H2,(H2,25,26,27,28). The van der Waals surface area contributed by atoms with Crippen molar-refractivity contribution in [2.45, 2.75) is 17.7 Å². The molecule has 30 heavy (non-hydrogen) atoms. The van der Waals surface area contributed by atoms with Crippen LogP contribution in [0.25, 0.3) is 22.2 Å². The molecule has 2 aromatic carbocycles. The highest BCUT2D eigenvalue weighted by atomic mass is 32.2. The lowest BCUT2D eigenvalue weighted by atomic mass is 10.0. The van der Waals surface area contributed by atoms with E-state index in [2.05, 4.69) is 15.3 Å². The Balaban J connectivity index is 1.37. The summed E-state index contributed by atoms with van der Waals surface area (Å²) in [5.41, 5.74) is 2.69. The van der Waals surface area contributed by atoms with E-state index in [0.29, 0.717) is 11.6 Å². The second-order valence-corrected chi connectivity index (χ2v) is 8.01. The van der Waals surface area contributed by atoms with Gasteiger partial charge in [-0.1, -0.05) is 12.1 Å². The largest absolute Gasteiger partial charge is 0.421 e. The molecule has 0 radical (unpaired) electrons. The van der Waals surface area contributed by atoms with E-state index in [1.165, 1.54) is 24.2 Å². The topological polar surface area (TPSA) is 67.0 Å². The fraction of sp³-hybridized carbons (Fsp3) is 0.130. The quantitative estimate of drug-likeness (QED) is 0.388. The third-order valence-corrected chi connectivity index (χ3v) is 5.68. The number of amides is 1. The maximum absolute atomic E-state index is 13.0. The van der Waals surface area contributed by atoms with E-state index in [0.717, 1.165) is 39.9 Å². The molecule has 0 unspecified atom stereocenters. The second kappa shape index (κ2) is 7.84. The van der Waals surface area contributed by atoms with Crippen molar-refractivity contribution in [3.63, 3.8) is 0 Å². The van der Waals surface area contributed by atoms with Crippen molar-refractivity contribution in [3.05, 3.63) is 72.7 Å². The van der Waals surface area contributed by atoms with Crippen molar-refractivity contribution in [1.29, 1.82) is 0 Å². The summed E-state index contributed by atoms with van der Waals surface area (Å²) in [4.78, 5) is 20.6. The Labute approximate surface area is 176 Å². The monoisotopic (exact) mass is 419 g/mol. The molecular weight excluding hydrogens is 401 g/mol. The molecule has 0 bridgehead atoms. The fourth-order valence-corrected chi connectivity index (χ4v) is 3.74. The van der Waals surface area contributed by atoms with Crippen molar-refractivity contribution in [3.8, 4) is 16.9 Å². The summed E-state index contributed by atoms with van der Waals surface area (Å²) in [5.74, 6) is 1.11. The molecule has 2 aromatic heterocycles. The summed E-state index contributed by atoms with van der Waals surface area (Å²) < 4.78 is 18.7. The maximum atomic E-state index is 13.0. The lowest BCUT2D eigenvalue weighted by Crippen LogP contribution is -2.14. The summed E-state index contributed by atoms with van der Waals surface area (Å²) in [7, 11) is 0. The third kappa shape index (κ3) is 4.02. The number of aromatic nitrogens is 2. The normalized spacial score (nSPS) is 13.4. The van der Waals surface area contributed by atoms with E-state index in [4.69, 9.17) is 4.18 Å². The number of carbonyl (C=O) groups is 1. The van der Waals surface area contributed by atoms with Crippen molar-refractivity contribution in [2.75, 3.05) is 5.32 Å². The lowest BCUT2D eigenvalue weighted by molar-refractivity contribution is -0.117. The van der Waals surface area contributed by atoms with Crippen molar-refractivity contribution in [2.24, 2.45) is 5.92 Å². The van der Waals surface area contributed by atoms with E-state index in [1.807, 2.05) is 42.6 Å². The van der Waals surface area contributed by atoms with Crippen molar-refractivity contribution < 1.29 is 13.4 Å². The van der Waals surface area contributed by atoms with Gasteiger partial charge in [-0.15, -0.1) is 0 Å². The molecule has 1 saturated carbocycles. The predicted molar refractivity (Wildman–Crippen MR) is 116 cm³/mol. The number of hydrogen-bond acceptors (Lipinski definition) is 4. The molecule has 4 aromatic rings. The summed E-state index contributed by atoms with van der Waals surface area (Å²) in [5, 5.41) is 3.91. The molecular formula is C23H18FN3O2S. The highest BCUT2D eigenvalue weighted by Crippen LogP contribution is 2.34. The van der Waals surface area contributed by atoms with Crippen LogP contribution in [0.1, 0.15) is 12.8 Å². The minimum absolute atomic E-state index is 0.0286. The zero-order valence-corrected chi connectivity index (χ0v) is 16.7. The highest BCUT2D eigenvalue weighted by Gasteiger charge is 2.30. The zero-order chi connectivity index (χ0) is 20.5. The van der Waals surface area contributed by atoms with Gasteiger partial charge in [0.1, 0.15) is 23.0 Å². The smallest absolute Gasteiger partial charge is 0.228 e. The summed E-state index contributed by atoms with van der Waals surface area (Å²) in [6.07, 6.45) is 3.73. The number of hydrogen-bond donors (Lipinski definition) is 2. The minimum Gasteiger partial charge on any atom is -0.421 e. The van der Waals surface area contributed by atoms with Crippen LogP contribution in [-0.2, 0) is 4.79 Å². The first-order chi connectivity index (χ1) is 14.7. The van der Waals surface area contributed by atoms with Gasteiger partial charge >= 0.3 is 0 Å². The van der Waals surface area contributed by atoms with Gasteiger partial charge in [0.05, 0.1) is 12.0 Å². The van der Waals surface area contributed by atoms with Gasteiger partial charge in [0.25, 0.3) is 0 Å². The van der Waals surface area contributed by atoms with E-state index < -0.39 is 0 Å². The van der Waals surface area contributed by atoms with Gasteiger partial charge < -0.3 is 14.5 Å². The highest BCUT2D eigenvalue weighted by molar-refractivity contribution is 7.95. The fourth-order valence-electron chi connectivity index (χ4n) is 3.19. The number of carbonyl (C=O) groups excluding carboxylic acids is 1. The number of nitrogens with zero attached hydrogens (tertiary/aromatic N) is 1. The number of fused-ring (bicyclic) bond motifs is 1. The maximum Gasteiger partial charge on any atom is 0.228 e. The van der Waals surface area contributed by atoms with E-state index >= 15 is 0 Å². The molecule has 7 heteroatoms. The van der Waals surface area contributed by atoms with E-state index in [1.54, 1.807) is 12.1 Å². The molecule has 5 rings (SSSR count). The number of H-pyrrole nitrogens is 1. The van der Waals surface area contributed by atoms with Crippen LogP contribution in [0, 0.1) is 11.7 Å². The van der Waals surface area contributed by atoms with Gasteiger partial charge in [0.2, 0.25) is 5.91 Å². The summed E-state index contributed by atoms with van der Waals surface area (Å²) in [6.45, 7) is 0. The van der Waals surface area contributed by atoms with Crippen LogP contribution in [0.5, 0.6) is 5.75 Å². The Morgan fingerprint density at radius 2 is 1.87 bits per heavy atom. The average molecular weight is 419 g/mol. The average Bonchev–Trinajstić information content (AvgIpc) is 3.51. The molecule has 2 N–H and O–H groups in total. The van der Waals surface area contributed by atoms with Gasteiger partial charge in [0.15, 0.2) is 0 Å². The molecule has 1 aliphatic rings. The molecule has 150 valence electrons. The molecule has 2 heterocycles. The molecule has 0 atom stereocenters. The number of nitrogens with one attached hydrogen (secondary N) is 2. The first-order valence-electron chi connectivity index (χ1n) is 9.65. The second-order valence-electron chi connectivity index (χ2n) is 7.20. The van der Waals surface area contributed by atoms with Crippen molar-refractivity contribution >= 4 is 34.8 Å². The van der Waals surface area contributed by atoms with E-state index in [9.17, 15) is 9.18 Å². The summed E-state index contributed by atoms with van der Waals surface area (Å²) in [6, 6.07) is 17.7. The van der Waals surface area contributed by atoms with Crippen LogP contribution in [0.2, 0.25) is 0 Å². The van der Waals surface area contributed by atoms with Crippen molar-refractivity contribution in [1.82, 2.24) is 9.97 Å². The number of halogens is 1. The SMILES string of the molecule is O=C(Nc1cc(-c2ccc(OSc3ccc(F)cc3)cc2)c2cc[nH]c2n1)C1CC1. The number of pyridine rings is 1. The van der Waals surface area contributed by atoms with Crippen LogP contribution in [0.3, 0.4) is 0 Å². The molecule has 1 amide bonds. The van der Waals surface area contributed by atoms with Gasteiger partial charge in [-0.25, -0.2) is 9.37 Å². The summed E-state index contributed by atoms with van der Waals surface area (Å²) >= 11 is 1.18. The first-order valence-corrected chi connectivity index (χ1v) is 10.4. The van der Waals surface area contributed by atoms with Crippen LogP contribution >= 0.6 is 12.0 Å². The van der Waals surface area contributed by atoms with Crippen LogP contribution in [-0.4, -0.2) is 15.9 Å². The molecule has 0 saturated heterocycles. The van der Waals surface area contributed by atoms with E-state index in [-0.39, 0.29) is 17.6 Å². The molecule has 5 nitrogen and oxygen atoms in total. The van der Waals surface area contributed by atoms with Crippen LogP contribution < -0.4 is 9.50 Å². The van der Waals surface area contributed by atoms with Crippen LogP contribution in [0.4, 0.5) is 10.2 Å². The zero-order valence-electron chi connectivity index (χ0n) is 15.9. The Kier molecular flexibility index (Phi) is 4.88. The van der Waals surface area contributed by atoms with Gasteiger partial charge in [-0.05, 0) is 72.5 Å². The lowest BCUT2D eigenvalue weighted by Gasteiger charge is -2.10. The molecule has 1 fully saturated rings.